The predicted molar refractivity (Wildman–Crippen MR) is 124 cm³/mol. The van der Waals surface area contributed by atoms with Gasteiger partial charge in [-0.25, -0.2) is 0 Å². The summed E-state index contributed by atoms with van der Waals surface area (Å²) in [5.74, 6) is -0.414. The molecule has 0 saturated heterocycles. The molecular formula is C26H35NO8. The zero-order chi connectivity index (χ0) is 25.5. The second kappa shape index (κ2) is 9.48. The molecule has 1 N–H and O–H groups in total. The summed E-state index contributed by atoms with van der Waals surface area (Å²) in [6, 6.07) is 0. The molecule has 0 aromatic heterocycles. The lowest BCUT2D eigenvalue weighted by molar-refractivity contribution is -0.757. The Morgan fingerprint density at radius 2 is 2.06 bits per heavy atom. The van der Waals surface area contributed by atoms with Crippen LogP contribution < -0.4 is 0 Å². The van der Waals surface area contributed by atoms with Gasteiger partial charge in [0, 0.05) is 23.7 Å². The van der Waals surface area contributed by atoms with Crippen molar-refractivity contribution in [2.75, 3.05) is 13.2 Å². The van der Waals surface area contributed by atoms with Gasteiger partial charge in [0.1, 0.15) is 6.61 Å². The Labute approximate surface area is 205 Å². The molecule has 192 valence electrons. The number of aliphatic hydroxyl groups is 1. The smallest absolute Gasteiger partial charge is 0.306 e. The van der Waals surface area contributed by atoms with E-state index in [0.29, 0.717) is 6.42 Å². The molecule has 0 aliphatic heterocycles. The number of fused-ring (bicyclic) bond motifs is 5. The first kappa shape index (κ1) is 25.5. The maximum Gasteiger partial charge on any atom is 0.306 e. The predicted octanol–water partition coefficient (Wildman–Crippen LogP) is 3.23. The molecule has 0 bridgehead atoms. The van der Waals surface area contributed by atoms with E-state index in [2.05, 4.69) is 25.6 Å². The van der Waals surface area contributed by atoms with Crippen LogP contribution in [0.5, 0.6) is 0 Å². The quantitative estimate of drug-likeness (QED) is 0.238. The van der Waals surface area contributed by atoms with Crippen molar-refractivity contribution in [1.29, 1.82) is 0 Å². The minimum atomic E-state index is -0.912. The first-order valence-corrected chi connectivity index (χ1v) is 12.6. The van der Waals surface area contributed by atoms with Crippen LogP contribution in [-0.4, -0.2) is 47.0 Å². The minimum absolute atomic E-state index is 0.00481. The lowest BCUT2D eigenvalue weighted by atomic mass is 9.46. The summed E-state index contributed by atoms with van der Waals surface area (Å²) >= 11 is 0. The number of rotatable bonds is 8. The standard InChI is InChI=1S/C26H35NO8/c1-15-11-19-18-7-6-16-12-17(28)8-9-25(16,2)24(18)20(29)13-26(19,3)23(15)21(30)14-34-22(31)5-4-10-35-27(32)33/h8-9,12,15,18-20,23-24,29H,4-7,10-11,13-14H2,1-3H3/t15-,18?,19?,20?,23?,24?,25?,26?/m1/s1. The number of aliphatic hydroxyl groups excluding tert-OH is 1. The fourth-order valence-corrected chi connectivity index (χ4v) is 8.05. The Balaban J connectivity index is 1.44. The maximum atomic E-state index is 13.3. The lowest BCUT2D eigenvalue weighted by Gasteiger charge is -2.58. The summed E-state index contributed by atoms with van der Waals surface area (Å²) in [6.45, 7) is 5.77. The highest BCUT2D eigenvalue weighted by Gasteiger charge is 2.64. The van der Waals surface area contributed by atoms with Crippen LogP contribution in [0.2, 0.25) is 0 Å². The first-order valence-electron chi connectivity index (χ1n) is 12.6. The van der Waals surface area contributed by atoms with Gasteiger partial charge < -0.3 is 14.7 Å². The molecule has 8 atom stereocenters. The molecule has 7 unspecified atom stereocenters. The SMILES string of the molecule is C[C@@H]1CC2C3CCC4=CC(=O)C=CC4(C)C3C(O)CC2(C)C1C(=O)COC(=O)CCCO[N+](=O)[O-]. The van der Waals surface area contributed by atoms with Gasteiger partial charge >= 0.3 is 5.97 Å². The topological polar surface area (TPSA) is 133 Å². The molecule has 0 spiro atoms. The highest BCUT2D eigenvalue weighted by atomic mass is 16.9. The van der Waals surface area contributed by atoms with E-state index >= 15 is 0 Å². The van der Waals surface area contributed by atoms with Crippen molar-refractivity contribution in [2.24, 2.45) is 40.4 Å². The summed E-state index contributed by atoms with van der Waals surface area (Å²) in [4.78, 5) is 51.6. The van der Waals surface area contributed by atoms with E-state index < -0.39 is 22.6 Å². The molecule has 35 heavy (non-hydrogen) atoms. The molecular weight excluding hydrogens is 454 g/mol. The van der Waals surface area contributed by atoms with Crippen molar-refractivity contribution in [3.63, 3.8) is 0 Å². The van der Waals surface area contributed by atoms with Crippen molar-refractivity contribution >= 4 is 17.5 Å². The minimum Gasteiger partial charge on any atom is -0.458 e. The second-order valence-electron chi connectivity index (χ2n) is 11.3. The molecule has 3 saturated carbocycles. The third-order valence-electron chi connectivity index (χ3n) is 9.28. The molecule has 0 radical (unpaired) electrons. The van der Waals surface area contributed by atoms with Gasteiger partial charge in [-0.2, -0.15) is 0 Å². The van der Waals surface area contributed by atoms with E-state index in [0.717, 1.165) is 24.8 Å². The fraction of sp³-hybridized carbons (Fsp3) is 0.731. The number of hydrogen-bond acceptors (Lipinski definition) is 8. The number of carbonyl (C=O) groups excluding carboxylic acids is 3. The molecule has 4 aliphatic rings. The van der Waals surface area contributed by atoms with Crippen molar-refractivity contribution in [3.05, 3.63) is 33.9 Å². The number of nitrogens with zero attached hydrogens (tertiary/aromatic N) is 1. The van der Waals surface area contributed by atoms with Crippen LogP contribution >= 0.6 is 0 Å². The first-order chi connectivity index (χ1) is 16.5. The number of Topliss-reactive ketones (excluding diaryl/α,β-unsaturated/α-hetero) is 1. The van der Waals surface area contributed by atoms with Gasteiger partial charge in [-0.15, -0.1) is 10.1 Å². The van der Waals surface area contributed by atoms with Crippen LogP contribution in [0.25, 0.3) is 0 Å². The lowest BCUT2D eigenvalue weighted by Crippen LogP contribution is -2.56. The van der Waals surface area contributed by atoms with Gasteiger partial charge in [0.25, 0.3) is 5.09 Å². The Morgan fingerprint density at radius 1 is 1.31 bits per heavy atom. The van der Waals surface area contributed by atoms with Crippen LogP contribution in [0, 0.1) is 50.5 Å². The molecule has 3 fully saturated rings. The monoisotopic (exact) mass is 489 g/mol. The number of allylic oxidation sites excluding steroid dienone is 4. The fourth-order valence-electron chi connectivity index (χ4n) is 8.05. The number of ether oxygens (including phenoxy) is 1. The van der Waals surface area contributed by atoms with E-state index in [1.165, 1.54) is 0 Å². The number of carbonyl (C=O) groups is 3. The van der Waals surface area contributed by atoms with E-state index in [1.807, 2.05) is 6.08 Å². The van der Waals surface area contributed by atoms with Crippen LogP contribution in [0.1, 0.15) is 59.3 Å². The Bertz CT molecular complexity index is 972. The largest absolute Gasteiger partial charge is 0.458 e. The van der Waals surface area contributed by atoms with Gasteiger partial charge in [-0.3, -0.25) is 14.4 Å². The van der Waals surface area contributed by atoms with Crippen molar-refractivity contribution in [3.8, 4) is 0 Å². The number of hydrogen-bond donors (Lipinski definition) is 1. The van der Waals surface area contributed by atoms with Crippen LogP contribution in [0.15, 0.2) is 23.8 Å². The van der Waals surface area contributed by atoms with Crippen LogP contribution in [0.4, 0.5) is 0 Å². The average molecular weight is 490 g/mol. The van der Waals surface area contributed by atoms with Gasteiger partial charge in [0.05, 0.1) is 12.7 Å². The third-order valence-corrected chi connectivity index (χ3v) is 9.28. The molecule has 0 amide bonds. The summed E-state index contributed by atoms with van der Waals surface area (Å²) in [5, 5.41) is 20.7. The zero-order valence-electron chi connectivity index (χ0n) is 20.6. The van der Waals surface area contributed by atoms with Crippen molar-refractivity contribution < 1.29 is 34.2 Å². The van der Waals surface area contributed by atoms with Gasteiger partial charge in [-0.05, 0) is 67.4 Å². The van der Waals surface area contributed by atoms with E-state index in [1.54, 1.807) is 12.2 Å². The molecule has 4 aliphatic carbocycles. The molecule has 0 heterocycles. The average Bonchev–Trinajstić information content (AvgIpc) is 3.04. The Hall–Kier alpha value is -2.55. The number of ketones is 2. The maximum absolute atomic E-state index is 13.3. The van der Waals surface area contributed by atoms with Gasteiger partial charge in [0.15, 0.2) is 11.6 Å². The molecule has 9 heteroatoms. The highest BCUT2D eigenvalue weighted by molar-refractivity contribution is 6.01. The normalized spacial score (nSPS) is 39.7. The van der Waals surface area contributed by atoms with Crippen LogP contribution in [-0.2, 0) is 24.0 Å². The van der Waals surface area contributed by atoms with E-state index in [9.17, 15) is 29.6 Å². The summed E-state index contributed by atoms with van der Waals surface area (Å²) in [7, 11) is 0. The summed E-state index contributed by atoms with van der Waals surface area (Å²) in [5.41, 5.74) is 0.356. The third kappa shape index (κ3) is 4.55. The van der Waals surface area contributed by atoms with Crippen LogP contribution in [0.3, 0.4) is 0 Å². The van der Waals surface area contributed by atoms with Crippen molar-refractivity contribution in [1.82, 2.24) is 0 Å². The van der Waals surface area contributed by atoms with E-state index in [-0.39, 0.29) is 72.6 Å². The van der Waals surface area contributed by atoms with Crippen molar-refractivity contribution in [2.45, 2.75) is 65.4 Å². The molecule has 0 aromatic rings. The van der Waals surface area contributed by atoms with Gasteiger partial charge in [0.2, 0.25) is 0 Å². The molecule has 0 aromatic carbocycles. The molecule has 9 nitrogen and oxygen atoms in total. The molecule has 4 rings (SSSR count). The Kier molecular flexibility index (Phi) is 6.92. The Morgan fingerprint density at radius 3 is 2.77 bits per heavy atom. The van der Waals surface area contributed by atoms with Gasteiger partial charge in [-0.1, -0.05) is 32.4 Å². The second-order valence-corrected chi connectivity index (χ2v) is 11.3. The van der Waals surface area contributed by atoms with E-state index in [4.69, 9.17) is 4.74 Å². The number of esters is 1. The highest BCUT2D eigenvalue weighted by Crippen LogP contribution is 2.67. The summed E-state index contributed by atoms with van der Waals surface area (Å²) < 4.78 is 5.20. The zero-order valence-corrected chi connectivity index (χ0v) is 20.6. The summed E-state index contributed by atoms with van der Waals surface area (Å²) in [6.07, 6.45) is 7.89.